The minimum atomic E-state index is -0.156. The van der Waals surface area contributed by atoms with Crippen LogP contribution in [0.4, 0.5) is 10.5 Å². The summed E-state index contributed by atoms with van der Waals surface area (Å²) in [4.78, 5) is 14.2. The van der Waals surface area contributed by atoms with Crippen molar-refractivity contribution in [2.24, 2.45) is 0 Å². The Morgan fingerprint density at radius 1 is 1.08 bits per heavy atom. The fourth-order valence-electron chi connectivity index (χ4n) is 2.66. The molecule has 5 heteroatoms. The number of carbonyl (C=O) groups excluding carboxylic acids is 1. The van der Waals surface area contributed by atoms with Gasteiger partial charge >= 0.3 is 6.03 Å². The van der Waals surface area contributed by atoms with E-state index in [4.69, 9.17) is 4.74 Å². The van der Waals surface area contributed by atoms with Crippen molar-refractivity contribution >= 4 is 11.7 Å². The van der Waals surface area contributed by atoms with Crippen molar-refractivity contribution < 1.29 is 9.53 Å². The predicted molar refractivity (Wildman–Crippen MR) is 102 cm³/mol. The van der Waals surface area contributed by atoms with Crippen molar-refractivity contribution in [2.75, 3.05) is 31.6 Å². The Bertz CT molecular complexity index is 671. The molecule has 0 aromatic heterocycles. The monoisotopic (exact) mass is 341 g/mol. The van der Waals surface area contributed by atoms with Crippen molar-refractivity contribution in [3.8, 4) is 5.75 Å². The van der Waals surface area contributed by atoms with Crippen LogP contribution < -0.4 is 20.3 Å². The molecule has 0 saturated heterocycles. The zero-order chi connectivity index (χ0) is 18.1. The normalized spacial score (nSPS) is 10.2. The number of amides is 2. The van der Waals surface area contributed by atoms with Crippen molar-refractivity contribution in [3.63, 3.8) is 0 Å². The Balaban J connectivity index is 1.74. The van der Waals surface area contributed by atoms with Crippen molar-refractivity contribution in [1.29, 1.82) is 0 Å². The second-order valence-corrected chi connectivity index (χ2v) is 5.82. The van der Waals surface area contributed by atoms with Gasteiger partial charge in [-0.25, -0.2) is 4.79 Å². The van der Waals surface area contributed by atoms with Gasteiger partial charge in [-0.05, 0) is 43.2 Å². The first-order valence-electron chi connectivity index (χ1n) is 8.59. The second-order valence-electron chi connectivity index (χ2n) is 5.82. The maximum Gasteiger partial charge on any atom is 0.315 e. The van der Waals surface area contributed by atoms with Crippen LogP contribution in [0.1, 0.15) is 18.1 Å². The van der Waals surface area contributed by atoms with Crippen molar-refractivity contribution in [1.82, 2.24) is 10.6 Å². The molecule has 0 aliphatic carbocycles. The molecule has 2 aromatic rings. The summed E-state index contributed by atoms with van der Waals surface area (Å²) in [6.45, 7) is 6.99. The second kappa shape index (κ2) is 9.57. The lowest BCUT2D eigenvalue weighted by Crippen LogP contribution is -2.40. The average Bonchev–Trinajstić information content (AvgIpc) is 2.65. The smallest absolute Gasteiger partial charge is 0.315 e. The molecule has 0 fully saturated rings. The largest absolute Gasteiger partial charge is 0.497 e. The van der Waals surface area contributed by atoms with Gasteiger partial charge in [0.15, 0.2) is 0 Å². The molecule has 2 amide bonds. The molecule has 2 N–H and O–H groups in total. The van der Waals surface area contributed by atoms with Crippen LogP contribution in [0.2, 0.25) is 0 Å². The van der Waals surface area contributed by atoms with Gasteiger partial charge < -0.3 is 20.3 Å². The molecule has 0 aliphatic heterocycles. The lowest BCUT2D eigenvalue weighted by atomic mass is 10.2. The molecule has 2 rings (SSSR count). The molecule has 0 aliphatic rings. The number of urea groups is 1. The highest BCUT2D eigenvalue weighted by Crippen LogP contribution is 2.18. The molecule has 0 heterocycles. The predicted octanol–water partition coefficient (Wildman–Crippen LogP) is 3.33. The first kappa shape index (κ1) is 18.6. The Morgan fingerprint density at radius 3 is 2.44 bits per heavy atom. The molecule has 0 unspecified atom stereocenters. The summed E-state index contributed by atoms with van der Waals surface area (Å²) in [7, 11) is 1.64. The van der Waals surface area contributed by atoms with Gasteiger partial charge in [0.25, 0.3) is 0 Å². The van der Waals surface area contributed by atoms with Crippen molar-refractivity contribution in [2.45, 2.75) is 20.4 Å². The Hall–Kier alpha value is -2.69. The van der Waals surface area contributed by atoms with Gasteiger partial charge in [-0.15, -0.1) is 0 Å². The molecule has 0 bridgehead atoms. The minimum Gasteiger partial charge on any atom is -0.497 e. The van der Waals surface area contributed by atoms with Crippen molar-refractivity contribution in [3.05, 3.63) is 59.7 Å². The third-order valence-electron chi connectivity index (χ3n) is 4.12. The first-order valence-corrected chi connectivity index (χ1v) is 8.59. The molecular weight excluding hydrogens is 314 g/mol. The molecule has 0 radical (unpaired) electrons. The number of likely N-dealkylation sites (N-methyl/N-ethyl adjacent to an activating group) is 1. The quantitative estimate of drug-likeness (QED) is 0.774. The van der Waals surface area contributed by atoms with Crippen LogP contribution in [0, 0.1) is 6.92 Å². The van der Waals surface area contributed by atoms with E-state index in [9.17, 15) is 4.79 Å². The number of hydrogen-bond donors (Lipinski definition) is 2. The van der Waals surface area contributed by atoms with Crippen LogP contribution in [0.15, 0.2) is 48.5 Å². The van der Waals surface area contributed by atoms with Gasteiger partial charge in [-0.2, -0.15) is 0 Å². The van der Waals surface area contributed by atoms with E-state index < -0.39 is 0 Å². The zero-order valence-electron chi connectivity index (χ0n) is 15.2. The standard InChI is InChI=1S/C20H27N3O2/c1-4-23(19-8-6-5-7-16(19)2)14-13-21-20(24)22-15-17-9-11-18(25-3)12-10-17/h5-12H,4,13-15H2,1-3H3,(H2,21,22,24). The van der Waals surface area contributed by atoms with Crippen LogP contribution in [-0.2, 0) is 6.54 Å². The summed E-state index contributed by atoms with van der Waals surface area (Å²) in [6, 6.07) is 15.8. The lowest BCUT2D eigenvalue weighted by Gasteiger charge is -2.25. The number of aryl methyl sites for hydroxylation is 1. The van der Waals surface area contributed by atoms with Crippen LogP contribution in [0.3, 0.4) is 0 Å². The van der Waals surface area contributed by atoms with E-state index >= 15 is 0 Å². The minimum absolute atomic E-state index is 0.156. The summed E-state index contributed by atoms with van der Waals surface area (Å²) < 4.78 is 5.12. The summed E-state index contributed by atoms with van der Waals surface area (Å²) in [5.41, 5.74) is 3.49. The van der Waals surface area contributed by atoms with E-state index in [1.165, 1.54) is 11.3 Å². The van der Waals surface area contributed by atoms with E-state index in [0.29, 0.717) is 13.1 Å². The Labute approximate surface area is 150 Å². The van der Waals surface area contributed by atoms with Gasteiger partial charge in [0.2, 0.25) is 0 Å². The van der Waals surface area contributed by atoms with Gasteiger partial charge in [0.05, 0.1) is 7.11 Å². The summed E-state index contributed by atoms with van der Waals surface area (Å²) >= 11 is 0. The van der Waals surface area contributed by atoms with Crippen LogP contribution in [0.25, 0.3) is 0 Å². The molecule has 5 nitrogen and oxygen atoms in total. The van der Waals surface area contributed by atoms with Crippen LogP contribution >= 0.6 is 0 Å². The number of para-hydroxylation sites is 1. The highest BCUT2D eigenvalue weighted by molar-refractivity contribution is 5.73. The van der Waals surface area contributed by atoms with Gasteiger partial charge in [0.1, 0.15) is 5.75 Å². The third kappa shape index (κ3) is 5.71. The molecule has 25 heavy (non-hydrogen) atoms. The van der Waals surface area contributed by atoms with Crippen LogP contribution in [-0.4, -0.2) is 32.8 Å². The zero-order valence-corrected chi connectivity index (χ0v) is 15.2. The van der Waals surface area contributed by atoms with Crippen LogP contribution in [0.5, 0.6) is 5.75 Å². The third-order valence-corrected chi connectivity index (χ3v) is 4.12. The number of ether oxygens (including phenoxy) is 1. The first-order chi connectivity index (χ1) is 12.1. The number of anilines is 1. The molecule has 0 spiro atoms. The Morgan fingerprint density at radius 2 is 1.80 bits per heavy atom. The van der Waals surface area contributed by atoms with E-state index in [-0.39, 0.29) is 6.03 Å². The Kier molecular flexibility index (Phi) is 7.14. The van der Waals surface area contributed by atoms with E-state index in [1.54, 1.807) is 7.11 Å². The summed E-state index contributed by atoms with van der Waals surface area (Å²) in [6.07, 6.45) is 0. The number of nitrogens with one attached hydrogen (secondary N) is 2. The lowest BCUT2D eigenvalue weighted by molar-refractivity contribution is 0.240. The highest BCUT2D eigenvalue weighted by Gasteiger charge is 2.07. The topological polar surface area (TPSA) is 53.6 Å². The molecule has 2 aromatic carbocycles. The van der Waals surface area contributed by atoms with E-state index in [0.717, 1.165) is 24.4 Å². The number of rotatable bonds is 8. The van der Waals surface area contributed by atoms with E-state index in [1.807, 2.05) is 36.4 Å². The number of nitrogens with zero attached hydrogens (tertiary/aromatic N) is 1. The maximum atomic E-state index is 11.9. The number of methoxy groups -OCH3 is 1. The van der Waals surface area contributed by atoms with Gasteiger partial charge in [0, 0.05) is 31.9 Å². The van der Waals surface area contributed by atoms with Gasteiger partial charge in [-0.1, -0.05) is 30.3 Å². The number of benzene rings is 2. The SMILES string of the molecule is CCN(CCNC(=O)NCc1ccc(OC)cc1)c1ccccc1C. The number of hydrogen-bond acceptors (Lipinski definition) is 3. The fraction of sp³-hybridized carbons (Fsp3) is 0.350. The van der Waals surface area contributed by atoms with E-state index in [2.05, 4.69) is 41.5 Å². The molecular formula is C20H27N3O2. The number of carbonyl (C=O) groups is 1. The fourth-order valence-corrected chi connectivity index (χ4v) is 2.66. The summed E-state index contributed by atoms with van der Waals surface area (Å²) in [5.74, 6) is 0.809. The molecule has 0 atom stereocenters. The highest BCUT2D eigenvalue weighted by atomic mass is 16.5. The van der Waals surface area contributed by atoms with Gasteiger partial charge in [-0.3, -0.25) is 0 Å². The average molecular weight is 341 g/mol. The molecule has 0 saturated carbocycles. The summed E-state index contributed by atoms with van der Waals surface area (Å²) in [5, 5.41) is 5.78. The molecule has 134 valence electrons. The maximum absolute atomic E-state index is 11.9.